The van der Waals surface area contributed by atoms with Crippen LogP contribution < -0.4 is 0 Å². The second-order valence-corrected chi connectivity index (χ2v) is 7.27. The van der Waals surface area contributed by atoms with Crippen LogP contribution in [0.2, 0.25) is 10.0 Å². The normalized spacial score (nSPS) is 11.9. The molecule has 3 nitrogen and oxygen atoms in total. The minimum absolute atomic E-state index is 0.157. The zero-order valence-electron chi connectivity index (χ0n) is 12.6. The van der Waals surface area contributed by atoms with Gasteiger partial charge in [0.05, 0.1) is 33.3 Å². The molecule has 0 amide bonds. The van der Waals surface area contributed by atoms with Crippen molar-refractivity contribution in [2.75, 3.05) is 0 Å². The SMILES string of the molecule is N#Cc1ccc(C(Cn2ccnc2)Sc2ccc(Cl)c(Cl)c2)cc1. The van der Waals surface area contributed by atoms with E-state index in [1.165, 1.54) is 0 Å². The number of hydrogen-bond donors (Lipinski definition) is 0. The van der Waals surface area contributed by atoms with Crippen LogP contribution >= 0.6 is 35.0 Å². The molecule has 0 bridgehead atoms. The van der Waals surface area contributed by atoms with Gasteiger partial charge >= 0.3 is 0 Å². The molecule has 2 aromatic carbocycles. The second kappa shape index (κ2) is 7.76. The summed E-state index contributed by atoms with van der Waals surface area (Å²) < 4.78 is 2.04. The summed E-state index contributed by atoms with van der Waals surface area (Å²) >= 11 is 13.8. The summed E-state index contributed by atoms with van der Waals surface area (Å²) in [5, 5.41) is 10.2. The number of rotatable bonds is 5. The predicted octanol–water partition coefficient (Wildman–Crippen LogP) is 5.60. The molecular formula is C18H13Cl2N3S. The Labute approximate surface area is 154 Å². The molecule has 0 spiro atoms. The first-order chi connectivity index (χ1) is 11.7. The molecule has 1 unspecified atom stereocenters. The van der Waals surface area contributed by atoms with Crippen LogP contribution in [0.4, 0.5) is 0 Å². The Bertz CT molecular complexity index is 855. The van der Waals surface area contributed by atoms with Crippen LogP contribution in [0.25, 0.3) is 0 Å². The molecule has 3 aromatic rings. The molecule has 0 aliphatic rings. The van der Waals surface area contributed by atoms with E-state index in [4.69, 9.17) is 28.5 Å². The van der Waals surface area contributed by atoms with Gasteiger partial charge in [0.15, 0.2) is 0 Å². The Hall–Kier alpha value is -1.93. The van der Waals surface area contributed by atoms with Gasteiger partial charge in [0, 0.05) is 23.8 Å². The van der Waals surface area contributed by atoms with Crippen molar-refractivity contribution in [2.24, 2.45) is 0 Å². The van der Waals surface area contributed by atoms with Gasteiger partial charge in [0.2, 0.25) is 0 Å². The molecule has 0 saturated heterocycles. The standard InChI is InChI=1S/C18H13Cl2N3S/c19-16-6-5-15(9-17(16)20)24-18(11-23-8-7-22-12-23)14-3-1-13(10-21)2-4-14/h1-9,12,18H,11H2. The topological polar surface area (TPSA) is 41.6 Å². The van der Waals surface area contributed by atoms with Gasteiger partial charge in [-0.3, -0.25) is 0 Å². The Balaban J connectivity index is 1.88. The van der Waals surface area contributed by atoms with E-state index in [1.54, 1.807) is 30.4 Å². The number of hydrogen-bond acceptors (Lipinski definition) is 3. The summed E-state index contributed by atoms with van der Waals surface area (Å²) in [7, 11) is 0. The Morgan fingerprint density at radius 3 is 2.54 bits per heavy atom. The summed E-state index contributed by atoms with van der Waals surface area (Å²) in [4.78, 5) is 5.14. The number of imidazole rings is 1. The highest BCUT2D eigenvalue weighted by Gasteiger charge is 2.15. The lowest BCUT2D eigenvalue weighted by Crippen LogP contribution is -2.05. The zero-order valence-corrected chi connectivity index (χ0v) is 14.9. The van der Waals surface area contributed by atoms with Gasteiger partial charge < -0.3 is 4.57 Å². The van der Waals surface area contributed by atoms with Crippen LogP contribution in [0.1, 0.15) is 16.4 Å². The monoisotopic (exact) mass is 373 g/mol. The zero-order chi connectivity index (χ0) is 16.9. The fourth-order valence-electron chi connectivity index (χ4n) is 2.28. The molecule has 3 rings (SSSR count). The fraction of sp³-hybridized carbons (Fsp3) is 0.111. The highest BCUT2D eigenvalue weighted by molar-refractivity contribution is 7.99. The quantitative estimate of drug-likeness (QED) is 0.546. The van der Waals surface area contributed by atoms with E-state index in [1.807, 2.05) is 47.2 Å². The molecule has 0 radical (unpaired) electrons. The van der Waals surface area contributed by atoms with Gasteiger partial charge in [0.1, 0.15) is 0 Å². The minimum atomic E-state index is 0.157. The second-order valence-electron chi connectivity index (χ2n) is 5.18. The summed E-state index contributed by atoms with van der Waals surface area (Å²) in [5.74, 6) is 0. The summed E-state index contributed by atoms with van der Waals surface area (Å²) in [6.45, 7) is 0.761. The maximum Gasteiger partial charge on any atom is 0.0991 e. The maximum absolute atomic E-state index is 8.97. The number of benzene rings is 2. The predicted molar refractivity (Wildman–Crippen MR) is 98.4 cm³/mol. The van der Waals surface area contributed by atoms with Crippen LogP contribution in [0.5, 0.6) is 0 Å². The molecular weight excluding hydrogens is 361 g/mol. The third-order valence-corrected chi connectivity index (χ3v) is 5.49. The van der Waals surface area contributed by atoms with Gasteiger partial charge in [0.25, 0.3) is 0 Å². The first kappa shape index (κ1) is 16.9. The van der Waals surface area contributed by atoms with E-state index in [0.29, 0.717) is 15.6 Å². The third kappa shape index (κ3) is 4.12. The van der Waals surface area contributed by atoms with E-state index in [9.17, 15) is 0 Å². The van der Waals surface area contributed by atoms with E-state index >= 15 is 0 Å². The van der Waals surface area contributed by atoms with Gasteiger partial charge in [-0.15, -0.1) is 11.8 Å². The first-order valence-corrected chi connectivity index (χ1v) is 8.87. The van der Waals surface area contributed by atoms with E-state index in [2.05, 4.69) is 11.1 Å². The van der Waals surface area contributed by atoms with Crippen LogP contribution in [0.3, 0.4) is 0 Å². The highest BCUT2D eigenvalue weighted by Crippen LogP contribution is 2.38. The molecule has 120 valence electrons. The van der Waals surface area contributed by atoms with Crippen molar-refractivity contribution < 1.29 is 0 Å². The maximum atomic E-state index is 8.97. The highest BCUT2D eigenvalue weighted by atomic mass is 35.5. The summed E-state index contributed by atoms with van der Waals surface area (Å²) in [6, 6.07) is 15.4. The van der Waals surface area contributed by atoms with Crippen molar-refractivity contribution >= 4 is 35.0 Å². The fourth-order valence-corrected chi connectivity index (χ4v) is 3.85. The molecule has 0 saturated carbocycles. The number of aromatic nitrogens is 2. The molecule has 1 aromatic heterocycles. The molecule has 1 heterocycles. The summed E-state index contributed by atoms with van der Waals surface area (Å²) in [6.07, 6.45) is 5.50. The Morgan fingerprint density at radius 2 is 1.92 bits per heavy atom. The lowest BCUT2D eigenvalue weighted by atomic mass is 10.1. The van der Waals surface area contributed by atoms with Gasteiger partial charge in [-0.25, -0.2) is 4.98 Å². The lowest BCUT2D eigenvalue weighted by Gasteiger charge is -2.18. The van der Waals surface area contributed by atoms with Crippen molar-refractivity contribution in [1.29, 1.82) is 5.26 Å². The molecule has 0 aliphatic heterocycles. The molecule has 1 atom stereocenters. The lowest BCUT2D eigenvalue weighted by molar-refractivity contribution is 0.683. The smallest absolute Gasteiger partial charge is 0.0991 e. The van der Waals surface area contributed by atoms with Gasteiger partial charge in [-0.2, -0.15) is 5.26 Å². The van der Waals surface area contributed by atoms with E-state index < -0.39 is 0 Å². The summed E-state index contributed by atoms with van der Waals surface area (Å²) in [5.41, 5.74) is 1.79. The van der Waals surface area contributed by atoms with Crippen molar-refractivity contribution in [1.82, 2.24) is 9.55 Å². The van der Waals surface area contributed by atoms with Crippen LogP contribution in [-0.2, 0) is 6.54 Å². The average Bonchev–Trinajstić information content (AvgIpc) is 3.11. The van der Waals surface area contributed by atoms with Crippen LogP contribution in [0.15, 0.2) is 66.1 Å². The molecule has 0 aliphatic carbocycles. The van der Waals surface area contributed by atoms with Crippen molar-refractivity contribution in [2.45, 2.75) is 16.7 Å². The van der Waals surface area contributed by atoms with Crippen molar-refractivity contribution in [3.05, 3.63) is 82.4 Å². The first-order valence-electron chi connectivity index (χ1n) is 7.23. The van der Waals surface area contributed by atoms with Gasteiger partial charge in [-0.1, -0.05) is 35.3 Å². The molecule has 0 N–H and O–H groups in total. The van der Waals surface area contributed by atoms with Crippen molar-refractivity contribution in [3.63, 3.8) is 0 Å². The number of thioether (sulfide) groups is 1. The average molecular weight is 374 g/mol. The molecule has 6 heteroatoms. The van der Waals surface area contributed by atoms with Crippen LogP contribution in [0, 0.1) is 11.3 Å². The van der Waals surface area contributed by atoms with Gasteiger partial charge in [-0.05, 0) is 35.9 Å². The Kier molecular flexibility index (Phi) is 5.47. The van der Waals surface area contributed by atoms with Crippen LogP contribution in [-0.4, -0.2) is 9.55 Å². The van der Waals surface area contributed by atoms with E-state index in [0.717, 1.165) is 17.0 Å². The Morgan fingerprint density at radius 1 is 1.12 bits per heavy atom. The molecule has 24 heavy (non-hydrogen) atoms. The largest absolute Gasteiger partial charge is 0.336 e. The minimum Gasteiger partial charge on any atom is -0.336 e. The van der Waals surface area contributed by atoms with E-state index in [-0.39, 0.29) is 5.25 Å². The number of nitriles is 1. The number of halogens is 2. The van der Waals surface area contributed by atoms with Crippen molar-refractivity contribution in [3.8, 4) is 6.07 Å². The third-order valence-electron chi connectivity index (χ3n) is 3.52. The number of nitrogens with zero attached hydrogens (tertiary/aromatic N) is 3. The molecule has 0 fully saturated rings.